The molecule has 0 bridgehead atoms. The summed E-state index contributed by atoms with van der Waals surface area (Å²) in [5, 5.41) is 0. The van der Waals surface area contributed by atoms with Crippen molar-refractivity contribution in [1.29, 1.82) is 0 Å². The molecule has 0 atom stereocenters. The van der Waals surface area contributed by atoms with E-state index in [2.05, 4.69) is 14.5 Å². The van der Waals surface area contributed by atoms with Crippen LogP contribution in [0.4, 0.5) is 23.2 Å². The van der Waals surface area contributed by atoms with Crippen LogP contribution in [0.2, 0.25) is 0 Å². The zero-order valence-electron chi connectivity index (χ0n) is 19.4. The topological polar surface area (TPSA) is 56.3 Å². The highest BCUT2D eigenvalue weighted by molar-refractivity contribution is 5.94. The first kappa shape index (κ1) is 26.4. The van der Waals surface area contributed by atoms with Gasteiger partial charge in [-0.25, -0.2) is 4.39 Å². The van der Waals surface area contributed by atoms with E-state index >= 15 is 0 Å². The van der Waals surface area contributed by atoms with Crippen molar-refractivity contribution in [3.63, 3.8) is 0 Å². The van der Waals surface area contributed by atoms with Crippen molar-refractivity contribution in [1.82, 2.24) is 14.7 Å². The molecule has 2 heterocycles. The number of piperazine rings is 2. The third-order valence-electron chi connectivity index (χ3n) is 6.18. The second-order valence-corrected chi connectivity index (χ2v) is 8.73. The van der Waals surface area contributed by atoms with Crippen LogP contribution in [0.5, 0.6) is 0 Å². The third kappa shape index (κ3) is 7.92. The van der Waals surface area contributed by atoms with Crippen LogP contribution in [0.25, 0.3) is 0 Å². The van der Waals surface area contributed by atoms with Crippen LogP contribution >= 0.6 is 0 Å². The van der Waals surface area contributed by atoms with Gasteiger partial charge in [0.2, 0.25) is 5.91 Å². The van der Waals surface area contributed by atoms with Gasteiger partial charge < -0.3 is 19.4 Å². The summed E-state index contributed by atoms with van der Waals surface area (Å²) in [6.07, 6.45) is -3.75. The van der Waals surface area contributed by atoms with Crippen molar-refractivity contribution >= 4 is 17.4 Å². The first-order chi connectivity index (χ1) is 16.1. The molecule has 2 aliphatic rings. The SMILES string of the molecule is CC(=O)c1ccc(N2CCN(C(=O)CN3CCN(CCCOCC(F)(F)F)CC3)CC2)c(F)c1. The largest absolute Gasteiger partial charge is 0.411 e. The summed E-state index contributed by atoms with van der Waals surface area (Å²) in [6, 6.07) is 4.49. The Morgan fingerprint density at radius 3 is 2.21 bits per heavy atom. The van der Waals surface area contributed by atoms with E-state index in [1.54, 1.807) is 17.0 Å². The molecule has 34 heavy (non-hydrogen) atoms. The molecule has 0 radical (unpaired) electrons. The summed E-state index contributed by atoms with van der Waals surface area (Å²) in [4.78, 5) is 32.1. The van der Waals surface area contributed by atoms with Gasteiger partial charge in [0, 0.05) is 71.1 Å². The van der Waals surface area contributed by atoms with E-state index in [9.17, 15) is 27.2 Å². The smallest absolute Gasteiger partial charge is 0.372 e. The summed E-state index contributed by atoms with van der Waals surface area (Å²) < 4.78 is 55.3. The zero-order valence-corrected chi connectivity index (χ0v) is 19.4. The van der Waals surface area contributed by atoms with Crippen LogP contribution in [-0.2, 0) is 9.53 Å². The summed E-state index contributed by atoms with van der Waals surface area (Å²) >= 11 is 0. The van der Waals surface area contributed by atoms with Gasteiger partial charge in [0.05, 0.1) is 12.2 Å². The molecule has 1 aromatic carbocycles. The summed E-state index contributed by atoms with van der Waals surface area (Å²) in [5.74, 6) is -0.574. The molecule has 0 spiro atoms. The van der Waals surface area contributed by atoms with Crippen LogP contribution in [0.3, 0.4) is 0 Å². The first-order valence-electron chi connectivity index (χ1n) is 11.5. The first-order valence-corrected chi connectivity index (χ1v) is 11.5. The Morgan fingerprint density at radius 2 is 1.62 bits per heavy atom. The number of anilines is 1. The number of halogens is 4. The van der Waals surface area contributed by atoms with Gasteiger partial charge in [0.1, 0.15) is 12.4 Å². The summed E-state index contributed by atoms with van der Waals surface area (Å²) in [7, 11) is 0. The number of ether oxygens (including phenoxy) is 1. The van der Waals surface area contributed by atoms with Crippen molar-refractivity contribution in [2.45, 2.75) is 19.5 Å². The maximum absolute atomic E-state index is 14.4. The van der Waals surface area contributed by atoms with Crippen molar-refractivity contribution in [2.75, 3.05) is 83.6 Å². The fourth-order valence-electron chi connectivity index (χ4n) is 4.22. The van der Waals surface area contributed by atoms with E-state index in [1.807, 2.05) is 4.90 Å². The van der Waals surface area contributed by atoms with Gasteiger partial charge in [-0.15, -0.1) is 0 Å². The zero-order chi connectivity index (χ0) is 24.7. The van der Waals surface area contributed by atoms with Crippen LogP contribution in [-0.4, -0.2) is 111 Å². The highest BCUT2D eigenvalue weighted by atomic mass is 19.4. The molecular formula is C23H32F4N4O3. The number of amides is 1. The van der Waals surface area contributed by atoms with Gasteiger partial charge >= 0.3 is 6.18 Å². The number of nitrogens with zero attached hydrogens (tertiary/aromatic N) is 4. The normalized spacial score (nSPS) is 18.4. The quantitative estimate of drug-likeness (QED) is 0.302. The Bertz CT molecular complexity index is 836. The van der Waals surface area contributed by atoms with E-state index in [0.717, 1.165) is 26.2 Å². The molecular weight excluding hydrogens is 456 g/mol. The molecule has 0 saturated carbocycles. The van der Waals surface area contributed by atoms with Crippen LogP contribution in [0, 0.1) is 5.82 Å². The van der Waals surface area contributed by atoms with Gasteiger partial charge in [-0.2, -0.15) is 13.2 Å². The number of alkyl halides is 3. The lowest BCUT2D eigenvalue weighted by Gasteiger charge is -2.38. The average Bonchev–Trinajstić information content (AvgIpc) is 2.79. The third-order valence-corrected chi connectivity index (χ3v) is 6.18. The lowest BCUT2D eigenvalue weighted by molar-refractivity contribution is -0.174. The van der Waals surface area contributed by atoms with E-state index < -0.39 is 18.6 Å². The predicted octanol–water partition coefficient (Wildman–Crippen LogP) is 2.26. The molecule has 2 saturated heterocycles. The number of carbonyl (C=O) groups excluding carboxylic acids is 2. The maximum atomic E-state index is 14.4. The monoisotopic (exact) mass is 488 g/mol. The number of hydrogen-bond acceptors (Lipinski definition) is 6. The van der Waals surface area contributed by atoms with Crippen molar-refractivity contribution in [3.05, 3.63) is 29.6 Å². The van der Waals surface area contributed by atoms with E-state index in [-0.39, 0.29) is 18.3 Å². The van der Waals surface area contributed by atoms with E-state index in [1.165, 1.54) is 13.0 Å². The van der Waals surface area contributed by atoms with Crippen LogP contribution < -0.4 is 4.90 Å². The summed E-state index contributed by atoms with van der Waals surface area (Å²) in [5.41, 5.74) is 0.780. The lowest BCUT2D eigenvalue weighted by Crippen LogP contribution is -2.54. The van der Waals surface area contributed by atoms with Crippen LogP contribution in [0.15, 0.2) is 18.2 Å². The molecule has 190 valence electrons. The minimum absolute atomic E-state index is 0.0426. The number of carbonyl (C=O) groups is 2. The number of benzene rings is 1. The van der Waals surface area contributed by atoms with Crippen molar-refractivity contribution in [2.24, 2.45) is 0 Å². The van der Waals surface area contributed by atoms with E-state index in [4.69, 9.17) is 0 Å². The Kier molecular flexibility index (Phi) is 9.26. The maximum Gasteiger partial charge on any atom is 0.411 e. The second kappa shape index (κ2) is 11.9. The number of Topliss-reactive ketones (excluding diaryl/α,β-unsaturated/α-hetero) is 1. The molecule has 1 aromatic rings. The molecule has 2 aliphatic heterocycles. The Labute approximate surface area is 197 Å². The van der Waals surface area contributed by atoms with E-state index in [0.29, 0.717) is 56.9 Å². The predicted molar refractivity (Wildman–Crippen MR) is 120 cm³/mol. The van der Waals surface area contributed by atoms with Crippen molar-refractivity contribution < 1.29 is 31.9 Å². The van der Waals surface area contributed by atoms with Gasteiger partial charge in [-0.05, 0) is 31.5 Å². The van der Waals surface area contributed by atoms with Gasteiger partial charge in [0.15, 0.2) is 5.78 Å². The Hall–Kier alpha value is -2.24. The van der Waals surface area contributed by atoms with Gasteiger partial charge in [-0.3, -0.25) is 14.5 Å². The fraction of sp³-hybridized carbons (Fsp3) is 0.652. The lowest BCUT2D eigenvalue weighted by atomic mass is 10.1. The standard InChI is InChI=1S/C23H32F4N4O3/c1-18(32)19-3-4-21(20(24)15-19)30-10-12-31(13-11-30)22(33)16-29-8-6-28(7-9-29)5-2-14-34-17-23(25,26)27/h3-4,15H,2,5-14,16-17H2,1H3. The fourth-order valence-corrected chi connectivity index (χ4v) is 4.22. The molecule has 0 unspecified atom stereocenters. The van der Waals surface area contributed by atoms with Crippen molar-refractivity contribution in [3.8, 4) is 0 Å². The highest BCUT2D eigenvalue weighted by Crippen LogP contribution is 2.22. The van der Waals surface area contributed by atoms with Gasteiger partial charge in [-0.1, -0.05) is 0 Å². The molecule has 0 aliphatic carbocycles. The minimum Gasteiger partial charge on any atom is -0.372 e. The Balaban J connectivity index is 1.34. The average molecular weight is 489 g/mol. The summed E-state index contributed by atoms with van der Waals surface area (Å²) in [6.45, 7) is 6.28. The Morgan fingerprint density at radius 1 is 0.971 bits per heavy atom. The molecule has 2 fully saturated rings. The molecule has 11 heteroatoms. The molecule has 0 aromatic heterocycles. The number of rotatable bonds is 9. The molecule has 7 nitrogen and oxygen atoms in total. The number of ketones is 1. The second-order valence-electron chi connectivity index (χ2n) is 8.73. The van der Waals surface area contributed by atoms with Crippen LogP contribution in [0.1, 0.15) is 23.7 Å². The highest BCUT2D eigenvalue weighted by Gasteiger charge is 2.28. The van der Waals surface area contributed by atoms with Gasteiger partial charge in [0.25, 0.3) is 0 Å². The molecule has 1 amide bonds. The number of hydrogen-bond donors (Lipinski definition) is 0. The molecule has 0 N–H and O–H groups in total. The minimum atomic E-state index is -4.29. The molecule has 3 rings (SSSR count).